The highest BCUT2D eigenvalue weighted by molar-refractivity contribution is 5.94. The van der Waals surface area contributed by atoms with Gasteiger partial charge in [-0.05, 0) is 101 Å². The lowest BCUT2D eigenvalue weighted by atomic mass is 9.83. The number of nitrogen functional groups attached to an aromatic ring is 1. The number of ether oxygens (including phenoxy) is 1. The van der Waals surface area contributed by atoms with Crippen molar-refractivity contribution in [2.24, 2.45) is 0 Å². The Bertz CT molecular complexity index is 1630. The number of amides is 1. The molecule has 6 heteroatoms. The number of hydrogen-bond acceptors (Lipinski definition) is 5. The molecule has 0 fully saturated rings. The third-order valence-corrected chi connectivity index (χ3v) is 7.44. The number of aromatic nitrogens is 1. The minimum atomic E-state index is -0.232. The molecule has 182 valence electrons. The van der Waals surface area contributed by atoms with Crippen molar-refractivity contribution >= 4 is 11.7 Å². The van der Waals surface area contributed by atoms with Crippen molar-refractivity contribution < 1.29 is 9.53 Å². The molecule has 37 heavy (non-hydrogen) atoms. The van der Waals surface area contributed by atoms with E-state index in [4.69, 9.17) is 10.5 Å². The third-order valence-electron chi connectivity index (χ3n) is 7.44. The van der Waals surface area contributed by atoms with Gasteiger partial charge in [-0.15, -0.1) is 0 Å². The Morgan fingerprint density at radius 3 is 2.46 bits per heavy atom. The minimum absolute atomic E-state index is 0.138. The summed E-state index contributed by atoms with van der Waals surface area (Å²) in [6.07, 6.45) is -0.370. The Morgan fingerprint density at radius 2 is 1.70 bits per heavy atom. The molecule has 3 heterocycles. The van der Waals surface area contributed by atoms with Crippen molar-refractivity contribution in [2.45, 2.75) is 39.5 Å². The van der Waals surface area contributed by atoms with Crippen molar-refractivity contribution in [1.82, 2.24) is 10.3 Å². The average molecular weight is 487 g/mol. The van der Waals surface area contributed by atoms with E-state index in [-0.39, 0.29) is 18.1 Å². The maximum absolute atomic E-state index is 13.1. The predicted octanol–water partition coefficient (Wildman–Crippen LogP) is 5.58. The number of nitrogens with two attached hydrogens (primary N) is 1. The molecule has 3 N–H and O–H groups in total. The van der Waals surface area contributed by atoms with E-state index in [2.05, 4.69) is 34.6 Å². The summed E-state index contributed by atoms with van der Waals surface area (Å²) in [6.45, 7) is 6.24. The van der Waals surface area contributed by atoms with Crippen LogP contribution in [0.25, 0.3) is 11.1 Å². The van der Waals surface area contributed by atoms with E-state index in [0.29, 0.717) is 23.5 Å². The van der Waals surface area contributed by atoms with Gasteiger partial charge in [0.25, 0.3) is 5.91 Å². The van der Waals surface area contributed by atoms with Crippen LogP contribution in [0.2, 0.25) is 0 Å². The lowest BCUT2D eigenvalue weighted by molar-refractivity contribution is 0.0857. The zero-order chi connectivity index (χ0) is 25.8. The molecule has 2 aliphatic heterocycles. The topological polar surface area (TPSA) is 101 Å². The molecule has 1 aromatic heterocycles. The second kappa shape index (κ2) is 8.58. The number of nitriles is 1. The molecule has 2 atom stereocenters. The molecule has 2 unspecified atom stereocenters. The second-order valence-corrected chi connectivity index (χ2v) is 9.86. The fourth-order valence-electron chi connectivity index (χ4n) is 5.58. The summed E-state index contributed by atoms with van der Waals surface area (Å²) in [4.78, 5) is 17.4. The summed E-state index contributed by atoms with van der Waals surface area (Å²) < 4.78 is 6.37. The lowest BCUT2D eigenvalue weighted by Crippen LogP contribution is -2.24. The molecule has 0 spiro atoms. The van der Waals surface area contributed by atoms with Crippen molar-refractivity contribution in [3.8, 4) is 17.2 Å². The van der Waals surface area contributed by atoms with Gasteiger partial charge in [-0.3, -0.25) is 4.79 Å². The molecule has 0 radical (unpaired) electrons. The number of benzene rings is 3. The number of carbonyl (C=O) groups excluding carboxylic acids is 1. The van der Waals surface area contributed by atoms with E-state index in [1.165, 1.54) is 0 Å². The monoisotopic (exact) mass is 486 g/mol. The lowest BCUT2D eigenvalue weighted by Gasteiger charge is -2.18. The van der Waals surface area contributed by atoms with Crippen molar-refractivity contribution in [2.75, 3.05) is 5.73 Å². The van der Waals surface area contributed by atoms with Crippen LogP contribution in [0.3, 0.4) is 0 Å². The van der Waals surface area contributed by atoms with Gasteiger partial charge in [0.15, 0.2) is 0 Å². The quantitative estimate of drug-likeness (QED) is 0.392. The maximum atomic E-state index is 13.1. The molecular weight excluding hydrogens is 460 g/mol. The SMILES string of the molecule is Cc1ccc(-c2ccc3c(c2)C2OC3c3ccc(C(=O)NCc4c(C)cc(N)nc4C)cc32)c(C#N)c1. The number of nitrogens with one attached hydrogen (secondary N) is 1. The Kier molecular flexibility index (Phi) is 5.32. The van der Waals surface area contributed by atoms with Crippen LogP contribution in [-0.4, -0.2) is 10.9 Å². The van der Waals surface area contributed by atoms with Gasteiger partial charge in [-0.25, -0.2) is 4.98 Å². The fourth-order valence-corrected chi connectivity index (χ4v) is 5.58. The van der Waals surface area contributed by atoms with Gasteiger partial charge in [0.1, 0.15) is 18.0 Å². The first-order valence-corrected chi connectivity index (χ1v) is 12.3. The van der Waals surface area contributed by atoms with E-state index >= 15 is 0 Å². The number of aryl methyl sites for hydroxylation is 3. The van der Waals surface area contributed by atoms with Gasteiger partial charge in [-0.2, -0.15) is 5.26 Å². The third kappa shape index (κ3) is 3.76. The first kappa shape index (κ1) is 23.0. The normalized spacial score (nSPS) is 16.7. The molecule has 3 aromatic carbocycles. The molecule has 0 saturated carbocycles. The Morgan fingerprint density at radius 1 is 0.973 bits per heavy atom. The van der Waals surface area contributed by atoms with Gasteiger partial charge in [0, 0.05) is 17.8 Å². The van der Waals surface area contributed by atoms with Crippen LogP contribution in [0.5, 0.6) is 0 Å². The molecule has 6 rings (SSSR count). The molecular formula is C31H26N4O2. The van der Waals surface area contributed by atoms with Gasteiger partial charge in [0.2, 0.25) is 0 Å². The fraction of sp³-hybridized carbons (Fsp3) is 0.194. The van der Waals surface area contributed by atoms with Crippen LogP contribution in [0.15, 0.2) is 60.7 Å². The van der Waals surface area contributed by atoms with Gasteiger partial charge < -0.3 is 15.8 Å². The first-order valence-electron chi connectivity index (χ1n) is 12.3. The summed E-state index contributed by atoms with van der Waals surface area (Å²) in [5.41, 5.74) is 17.2. The Labute approximate surface area is 215 Å². The number of carbonyl (C=O) groups is 1. The van der Waals surface area contributed by atoms with E-state index in [0.717, 1.165) is 55.8 Å². The van der Waals surface area contributed by atoms with Gasteiger partial charge in [-0.1, -0.05) is 30.3 Å². The van der Waals surface area contributed by atoms with Crippen molar-refractivity contribution in [3.63, 3.8) is 0 Å². The predicted molar refractivity (Wildman–Crippen MR) is 142 cm³/mol. The van der Waals surface area contributed by atoms with Crippen LogP contribution in [0.4, 0.5) is 5.82 Å². The molecule has 1 amide bonds. The summed E-state index contributed by atoms with van der Waals surface area (Å²) in [5, 5.41) is 12.7. The van der Waals surface area contributed by atoms with Crippen LogP contribution >= 0.6 is 0 Å². The number of rotatable bonds is 4. The van der Waals surface area contributed by atoms with Crippen molar-refractivity contribution in [3.05, 3.63) is 116 Å². The van der Waals surface area contributed by atoms with Crippen molar-refractivity contribution in [1.29, 1.82) is 5.26 Å². The molecule has 4 aromatic rings. The van der Waals surface area contributed by atoms with E-state index in [1.807, 2.05) is 63.2 Å². The standard InChI is InChI=1S/C31H26N4O2/c1-16-4-7-22(21(10-16)14-32)19-5-8-23-25(12-19)30-26-13-20(6-9-24(26)29(23)37-30)31(36)34-15-27-17(2)11-28(33)35-18(27)3/h4-13,29-30H,15H2,1-3H3,(H2,33,35)(H,34,36). The highest BCUT2D eigenvalue weighted by Gasteiger charge is 2.43. The number of pyridine rings is 1. The highest BCUT2D eigenvalue weighted by Crippen LogP contribution is 2.54. The van der Waals surface area contributed by atoms with Crippen LogP contribution in [0.1, 0.15) is 72.8 Å². The number of anilines is 1. The summed E-state index contributed by atoms with van der Waals surface area (Å²) in [6, 6.07) is 22.2. The number of hydrogen-bond donors (Lipinski definition) is 2. The maximum Gasteiger partial charge on any atom is 0.251 e. The van der Waals surface area contributed by atoms with Gasteiger partial charge >= 0.3 is 0 Å². The van der Waals surface area contributed by atoms with Crippen LogP contribution in [-0.2, 0) is 11.3 Å². The van der Waals surface area contributed by atoms with E-state index < -0.39 is 0 Å². The molecule has 6 nitrogen and oxygen atoms in total. The van der Waals surface area contributed by atoms with Gasteiger partial charge in [0.05, 0.1) is 11.6 Å². The summed E-state index contributed by atoms with van der Waals surface area (Å²) >= 11 is 0. The number of nitrogens with zero attached hydrogens (tertiary/aromatic N) is 2. The second-order valence-electron chi connectivity index (χ2n) is 9.86. The Hall–Kier alpha value is -4.47. The zero-order valence-electron chi connectivity index (χ0n) is 20.9. The van der Waals surface area contributed by atoms with E-state index in [9.17, 15) is 10.1 Å². The molecule has 2 aliphatic rings. The molecule has 0 aliphatic carbocycles. The largest absolute Gasteiger partial charge is 0.384 e. The minimum Gasteiger partial charge on any atom is -0.384 e. The Balaban J connectivity index is 1.28. The van der Waals surface area contributed by atoms with Crippen LogP contribution < -0.4 is 11.1 Å². The first-order chi connectivity index (χ1) is 17.8. The summed E-state index contributed by atoms with van der Waals surface area (Å²) in [5.74, 6) is 0.335. The number of fused-ring (bicyclic) bond motifs is 8. The summed E-state index contributed by atoms with van der Waals surface area (Å²) in [7, 11) is 0. The van der Waals surface area contributed by atoms with Crippen LogP contribution in [0, 0.1) is 32.1 Å². The zero-order valence-corrected chi connectivity index (χ0v) is 20.9. The smallest absolute Gasteiger partial charge is 0.251 e. The highest BCUT2D eigenvalue weighted by atomic mass is 16.5. The average Bonchev–Trinajstić information content (AvgIpc) is 3.44. The molecule has 2 bridgehead atoms. The van der Waals surface area contributed by atoms with E-state index in [1.54, 1.807) is 0 Å². The molecule has 0 saturated heterocycles.